The molecule has 20 heavy (non-hydrogen) atoms. The Kier molecular flexibility index (Phi) is 4.94. The minimum absolute atomic E-state index is 0.0912. The van der Waals surface area contributed by atoms with Crippen molar-refractivity contribution >= 4 is 33.3 Å². The van der Waals surface area contributed by atoms with Crippen LogP contribution in [0.15, 0.2) is 22.7 Å². The first-order valence-corrected chi connectivity index (χ1v) is 7.43. The second-order valence-electron chi connectivity index (χ2n) is 4.29. The number of hydrogen-bond acceptors (Lipinski definition) is 3. The SMILES string of the molecule is CCCc1nc(-c2ccc(Cl)c(F)c2)nc(NC)c1Br. The third-order valence-electron chi connectivity index (χ3n) is 2.82. The Morgan fingerprint density at radius 1 is 1.35 bits per heavy atom. The molecule has 2 rings (SSSR count). The van der Waals surface area contributed by atoms with Crippen molar-refractivity contribution in [2.45, 2.75) is 19.8 Å². The van der Waals surface area contributed by atoms with Crippen LogP contribution >= 0.6 is 27.5 Å². The minimum atomic E-state index is -0.473. The summed E-state index contributed by atoms with van der Waals surface area (Å²) in [4.78, 5) is 8.90. The number of aromatic nitrogens is 2. The van der Waals surface area contributed by atoms with Gasteiger partial charge in [-0.25, -0.2) is 14.4 Å². The summed E-state index contributed by atoms with van der Waals surface area (Å²) >= 11 is 9.19. The van der Waals surface area contributed by atoms with Gasteiger partial charge in [-0.1, -0.05) is 24.9 Å². The molecule has 6 heteroatoms. The molecule has 1 heterocycles. The monoisotopic (exact) mass is 357 g/mol. The fraction of sp³-hybridized carbons (Fsp3) is 0.286. The van der Waals surface area contributed by atoms with Gasteiger partial charge in [0.15, 0.2) is 5.82 Å². The first-order valence-electron chi connectivity index (χ1n) is 6.26. The van der Waals surface area contributed by atoms with Gasteiger partial charge in [-0.05, 0) is 40.5 Å². The third-order valence-corrected chi connectivity index (χ3v) is 3.96. The van der Waals surface area contributed by atoms with Gasteiger partial charge < -0.3 is 5.32 Å². The minimum Gasteiger partial charge on any atom is -0.372 e. The fourth-order valence-electron chi connectivity index (χ4n) is 1.83. The number of hydrogen-bond donors (Lipinski definition) is 1. The van der Waals surface area contributed by atoms with Crippen molar-refractivity contribution in [1.82, 2.24) is 9.97 Å². The Labute approximate surface area is 130 Å². The molecule has 0 amide bonds. The molecule has 0 saturated heterocycles. The van der Waals surface area contributed by atoms with Crippen LogP contribution in [0.4, 0.5) is 10.2 Å². The third kappa shape index (κ3) is 3.10. The van der Waals surface area contributed by atoms with Crippen LogP contribution in [0.2, 0.25) is 5.02 Å². The topological polar surface area (TPSA) is 37.8 Å². The number of rotatable bonds is 4. The first-order chi connectivity index (χ1) is 9.56. The van der Waals surface area contributed by atoms with Gasteiger partial charge in [-0.15, -0.1) is 0 Å². The van der Waals surface area contributed by atoms with Crippen molar-refractivity contribution in [1.29, 1.82) is 0 Å². The van der Waals surface area contributed by atoms with E-state index in [2.05, 4.69) is 38.1 Å². The predicted octanol–water partition coefficient (Wildman–Crippen LogP) is 4.69. The lowest BCUT2D eigenvalue weighted by molar-refractivity contribution is 0.628. The van der Waals surface area contributed by atoms with Crippen LogP contribution in [0.1, 0.15) is 19.0 Å². The molecule has 1 aromatic heterocycles. The molecule has 0 atom stereocenters. The molecule has 0 fully saturated rings. The largest absolute Gasteiger partial charge is 0.372 e. The second kappa shape index (κ2) is 6.50. The molecule has 2 aromatic rings. The molecule has 3 nitrogen and oxygen atoms in total. The molecule has 0 radical (unpaired) electrons. The quantitative estimate of drug-likeness (QED) is 0.861. The predicted molar refractivity (Wildman–Crippen MR) is 83.7 cm³/mol. The molecule has 106 valence electrons. The standard InChI is InChI=1S/C14H14BrClFN3/c1-3-4-11-12(15)14(18-2)20-13(19-11)8-5-6-9(16)10(17)7-8/h5-7H,3-4H2,1-2H3,(H,18,19,20). The van der Waals surface area contributed by atoms with Crippen LogP contribution in [0.3, 0.4) is 0 Å². The molecule has 0 bridgehead atoms. The molecular weight excluding hydrogens is 345 g/mol. The maximum atomic E-state index is 13.6. The van der Waals surface area contributed by atoms with Crippen molar-refractivity contribution in [3.05, 3.63) is 39.2 Å². The smallest absolute Gasteiger partial charge is 0.161 e. The van der Waals surface area contributed by atoms with Crippen LogP contribution in [-0.4, -0.2) is 17.0 Å². The Balaban J connectivity index is 2.55. The molecule has 0 spiro atoms. The summed E-state index contributed by atoms with van der Waals surface area (Å²) in [6, 6.07) is 4.57. The van der Waals surface area contributed by atoms with Gasteiger partial charge >= 0.3 is 0 Å². The van der Waals surface area contributed by atoms with E-state index in [0.29, 0.717) is 17.2 Å². The zero-order valence-corrected chi connectivity index (χ0v) is 13.5. The Morgan fingerprint density at radius 2 is 2.10 bits per heavy atom. The Morgan fingerprint density at radius 3 is 2.70 bits per heavy atom. The van der Waals surface area contributed by atoms with E-state index >= 15 is 0 Å². The molecular formula is C14H14BrClFN3. The van der Waals surface area contributed by atoms with Crippen LogP contribution in [-0.2, 0) is 6.42 Å². The summed E-state index contributed by atoms with van der Waals surface area (Å²) in [5, 5.41) is 3.10. The number of nitrogens with one attached hydrogen (secondary N) is 1. The van der Waals surface area contributed by atoms with Crippen LogP contribution < -0.4 is 5.32 Å². The van der Waals surface area contributed by atoms with Crippen molar-refractivity contribution in [3.63, 3.8) is 0 Å². The highest BCUT2D eigenvalue weighted by atomic mass is 79.9. The maximum absolute atomic E-state index is 13.6. The maximum Gasteiger partial charge on any atom is 0.161 e. The number of halogens is 3. The van der Waals surface area contributed by atoms with E-state index in [1.807, 2.05) is 0 Å². The van der Waals surface area contributed by atoms with Gasteiger partial charge in [-0.2, -0.15) is 0 Å². The van der Waals surface area contributed by atoms with E-state index in [-0.39, 0.29) is 5.02 Å². The van der Waals surface area contributed by atoms with E-state index in [0.717, 1.165) is 23.0 Å². The zero-order chi connectivity index (χ0) is 14.7. The summed E-state index contributed by atoms with van der Waals surface area (Å²) in [5.41, 5.74) is 1.51. The van der Waals surface area contributed by atoms with Crippen molar-refractivity contribution < 1.29 is 4.39 Å². The highest BCUT2D eigenvalue weighted by Crippen LogP contribution is 2.29. The highest BCUT2D eigenvalue weighted by Gasteiger charge is 2.13. The van der Waals surface area contributed by atoms with Gasteiger partial charge in [-0.3, -0.25) is 0 Å². The van der Waals surface area contributed by atoms with E-state index in [9.17, 15) is 4.39 Å². The summed E-state index contributed by atoms with van der Waals surface area (Å²) in [6.45, 7) is 2.08. The second-order valence-corrected chi connectivity index (χ2v) is 5.49. The lowest BCUT2D eigenvalue weighted by Gasteiger charge is -2.11. The number of anilines is 1. The normalized spacial score (nSPS) is 10.7. The van der Waals surface area contributed by atoms with Gasteiger partial charge in [0.05, 0.1) is 15.2 Å². The highest BCUT2D eigenvalue weighted by molar-refractivity contribution is 9.10. The van der Waals surface area contributed by atoms with Gasteiger partial charge in [0.2, 0.25) is 0 Å². The van der Waals surface area contributed by atoms with Crippen LogP contribution in [0, 0.1) is 5.82 Å². The number of aryl methyl sites for hydroxylation is 1. The van der Waals surface area contributed by atoms with Gasteiger partial charge in [0.25, 0.3) is 0 Å². The summed E-state index contributed by atoms with van der Waals surface area (Å²) < 4.78 is 14.4. The summed E-state index contributed by atoms with van der Waals surface area (Å²) in [7, 11) is 1.79. The molecule has 0 saturated carbocycles. The fourth-order valence-corrected chi connectivity index (χ4v) is 2.52. The zero-order valence-electron chi connectivity index (χ0n) is 11.2. The molecule has 0 aliphatic carbocycles. The first kappa shape index (κ1) is 15.2. The Bertz CT molecular complexity index is 634. The average molecular weight is 359 g/mol. The lowest BCUT2D eigenvalue weighted by Crippen LogP contribution is -2.03. The van der Waals surface area contributed by atoms with Crippen molar-refractivity contribution in [2.75, 3.05) is 12.4 Å². The van der Waals surface area contributed by atoms with E-state index < -0.39 is 5.82 Å². The number of benzene rings is 1. The lowest BCUT2D eigenvalue weighted by atomic mass is 10.2. The van der Waals surface area contributed by atoms with Crippen molar-refractivity contribution in [2.24, 2.45) is 0 Å². The number of nitrogens with zero attached hydrogens (tertiary/aromatic N) is 2. The molecule has 1 aromatic carbocycles. The summed E-state index contributed by atoms with van der Waals surface area (Å²) in [6.07, 6.45) is 1.79. The molecule has 0 aliphatic heterocycles. The van der Waals surface area contributed by atoms with Gasteiger partial charge in [0.1, 0.15) is 11.6 Å². The van der Waals surface area contributed by atoms with E-state index in [1.54, 1.807) is 13.1 Å². The molecule has 0 aliphatic rings. The van der Waals surface area contributed by atoms with E-state index in [4.69, 9.17) is 11.6 Å². The Hall–Kier alpha value is -1.20. The van der Waals surface area contributed by atoms with Crippen LogP contribution in [0.25, 0.3) is 11.4 Å². The van der Waals surface area contributed by atoms with Crippen molar-refractivity contribution in [3.8, 4) is 11.4 Å². The molecule has 0 unspecified atom stereocenters. The van der Waals surface area contributed by atoms with Gasteiger partial charge in [0, 0.05) is 12.6 Å². The molecule has 1 N–H and O–H groups in total. The average Bonchev–Trinajstić information content (AvgIpc) is 2.44. The van der Waals surface area contributed by atoms with E-state index in [1.165, 1.54) is 12.1 Å². The van der Waals surface area contributed by atoms with Crippen LogP contribution in [0.5, 0.6) is 0 Å². The summed E-state index contributed by atoms with van der Waals surface area (Å²) in [5.74, 6) is 0.698.